The summed E-state index contributed by atoms with van der Waals surface area (Å²) in [5.74, 6) is -1.42. The molecular formula is C21H25N3O6. The van der Waals surface area contributed by atoms with Crippen molar-refractivity contribution in [3.8, 4) is 0 Å². The number of anilines is 2. The molecular weight excluding hydrogens is 390 g/mol. The highest BCUT2D eigenvalue weighted by Gasteiger charge is 2.36. The zero-order valence-electron chi connectivity index (χ0n) is 16.9. The Labute approximate surface area is 174 Å². The summed E-state index contributed by atoms with van der Waals surface area (Å²) in [7, 11) is 1.36. The first-order valence-electron chi connectivity index (χ1n) is 10.2. The number of carbonyl (C=O) groups is 4. The summed E-state index contributed by atoms with van der Waals surface area (Å²) in [4.78, 5) is 52.2. The quantitative estimate of drug-likeness (QED) is 0.736. The molecule has 160 valence electrons. The van der Waals surface area contributed by atoms with E-state index in [1.165, 1.54) is 7.11 Å². The zero-order valence-corrected chi connectivity index (χ0v) is 16.9. The minimum absolute atomic E-state index is 0.0592. The molecule has 3 aliphatic heterocycles. The van der Waals surface area contributed by atoms with Gasteiger partial charge in [0.05, 0.1) is 30.0 Å². The van der Waals surface area contributed by atoms with Crippen LogP contribution in [0.1, 0.15) is 36.0 Å². The summed E-state index contributed by atoms with van der Waals surface area (Å²) < 4.78 is 9.94. The second kappa shape index (κ2) is 8.33. The molecule has 1 N–H and O–H groups in total. The Bertz CT molecular complexity index is 877. The first-order chi connectivity index (χ1) is 14.5. The summed E-state index contributed by atoms with van der Waals surface area (Å²) in [5.41, 5.74) is 1.77. The Morgan fingerprint density at radius 3 is 2.63 bits per heavy atom. The fourth-order valence-electron chi connectivity index (χ4n) is 4.39. The summed E-state index contributed by atoms with van der Waals surface area (Å²) in [6.07, 6.45) is 2.86. The number of benzene rings is 1. The molecule has 4 rings (SSSR count). The Morgan fingerprint density at radius 2 is 1.90 bits per heavy atom. The lowest BCUT2D eigenvalue weighted by molar-refractivity contribution is -0.149. The van der Waals surface area contributed by atoms with Gasteiger partial charge in [-0.25, -0.2) is 4.79 Å². The number of methoxy groups -OCH3 is 1. The molecule has 1 aromatic carbocycles. The molecule has 0 aromatic heterocycles. The van der Waals surface area contributed by atoms with Gasteiger partial charge in [-0.2, -0.15) is 0 Å². The molecule has 0 bridgehead atoms. The molecule has 1 atom stereocenters. The summed E-state index contributed by atoms with van der Waals surface area (Å²) in [6.45, 7) is 1.31. The number of carbonyl (C=O) groups excluding carboxylic acids is 4. The minimum Gasteiger partial charge on any atom is -0.469 e. The van der Waals surface area contributed by atoms with Crippen LogP contribution in [0.4, 0.5) is 11.4 Å². The highest BCUT2D eigenvalue weighted by molar-refractivity contribution is 6.05. The van der Waals surface area contributed by atoms with E-state index in [1.54, 1.807) is 17.0 Å². The lowest BCUT2D eigenvalue weighted by Gasteiger charge is -2.33. The van der Waals surface area contributed by atoms with Gasteiger partial charge in [0.2, 0.25) is 5.91 Å². The van der Waals surface area contributed by atoms with Crippen LogP contribution in [-0.4, -0.2) is 68.0 Å². The van der Waals surface area contributed by atoms with E-state index in [1.807, 2.05) is 6.07 Å². The number of nitrogens with zero attached hydrogens (tertiary/aromatic N) is 2. The molecule has 0 saturated carbocycles. The normalized spacial score (nSPS) is 20.8. The third kappa shape index (κ3) is 3.83. The van der Waals surface area contributed by atoms with Crippen molar-refractivity contribution in [1.29, 1.82) is 0 Å². The van der Waals surface area contributed by atoms with Gasteiger partial charge in [-0.1, -0.05) is 0 Å². The van der Waals surface area contributed by atoms with Crippen molar-refractivity contribution in [3.63, 3.8) is 0 Å². The minimum atomic E-state index is -0.617. The Morgan fingerprint density at radius 1 is 1.13 bits per heavy atom. The summed E-state index contributed by atoms with van der Waals surface area (Å²) in [5, 5.41) is 2.86. The van der Waals surface area contributed by atoms with Crippen LogP contribution < -0.4 is 10.2 Å². The van der Waals surface area contributed by atoms with Crippen molar-refractivity contribution in [1.82, 2.24) is 4.90 Å². The number of esters is 2. The molecule has 30 heavy (non-hydrogen) atoms. The second-order valence-electron chi connectivity index (χ2n) is 7.83. The third-order valence-corrected chi connectivity index (χ3v) is 6.06. The fraction of sp³-hybridized carbons (Fsp3) is 0.524. The average Bonchev–Trinajstić information content (AvgIpc) is 3.27. The number of amides is 2. The van der Waals surface area contributed by atoms with Gasteiger partial charge in [-0.05, 0) is 43.9 Å². The van der Waals surface area contributed by atoms with Crippen LogP contribution in [0, 0.1) is 5.92 Å². The molecule has 9 nitrogen and oxygen atoms in total. The van der Waals surface area contributed by atoms with E-state index >= 15 is 0 Å². The summed E-state index contributed by atoms with van der Waals surface area (Å²) in [6, 6.07) is 4.91. The van der Waals surface area contributed by atoms with E-state index in [4.69, 9.17) is 9.47 Å². The standard InChI is InChI=1S/C21H25N3O6/c1-29-20(27)13-6-9-23(10-7-13)18(25)12-30-21(28)14-4-5-16-15(11-14)22-19(26)17-3-2-8-24(16)17/h4-5,11,13,17H,2-3,6-10,12H2,1H3,(H,22,26)/t17-/m1/s1. The maximum atomic E-state index is 12.4. The number of nitrogens with one attached hydrogen (secondary N) is 1. The smallest absolute Gasteiger partial charge is 0.338 e. The first-order valence-corrected chi connectivity index (χ1v) is 10.2. The van der Waals surface area contributed by atoms with Crippen molar-refractivity contribution in [2.45, 2.75) is 31.7 Å². The van der Waals surface area contributed by atoms with Crippen LogP contribution in [0.3, 0.4) is 0 Å². The molecule has 2 fully saturated rings. The highest BCUT2D eigenvalue weighted by Crippen LogP contribution is 2.37. The number of hydrogen-bond acceptors (Lipinski definition) is 7. The molecule has 9 heteroatoms. The number of piperidine rings is 1. The predicted molar refractivity (Wildman–Crippen MR) is 107 cm³/mol. The van der Waals surface area contributed by atoms with E-state index in [0.717, 1.165) is 25.1 Å². The third-order valence-electron chi connectivity index (χ3n) is 6.06. The van der Waals surface area contributed by atoms with Crippen LogP contribution in [0.2, 0.25) is 0 Å². The van der Waals surface area contributed by atoms with Crippen LogP contribution in [0.25, 0.3) is 0 Å². The van der Waals surface area contributed by atoms with E-state index in [9.17, 15) is 19.2 Å². The lowest BCUT2D eigenvalue weighted by atomic mass is 9.97. The van der Waals surface area contributed by atoms with Crippen molar-refractivity contribution >= 4 is 35.1 Å². The number of fused-ring (bicyclic) bond motifs is 3. The summed E-state index contributed by atoms with van der Waals surface area (Å²) >= 11 is 0. The molecule has 0 unspecified atom stereocenters. The SMILES string of the molecule is COC(=O)C1CCN(C(=O)COC(=O)c2ccc3c(c2)NC(=O)[C@H]2CCCN32)CC1. The number of likely N-dealkylation sites (tertiary alicyclic amines) is 1. The van der Waals surface area contributed by atoms with Crippen molar-refractivity contribution < 1.29 is 28.7 Å². The highest BCUT2D eigenvalue weighted by atomic mass is 16.5. The fourth-order valence-corrected chi connectivity index (χ4v) is 4.39. The van der Waals surface area contributed by atoms with Gasteiger partial charge < -0.3 is 24.6 Å². The second-order valence-corrected chi connectivity index (χ2v) is 7.83. The largest absolute Gasteiger partial charge is 0.469 e. The monoisotopic (exact) mass is 415 g/mol. The van der Waals surface area contributed by atoms with Crippen LogP contribution in [0.5, 0.6) is 0 Å². The zero-order chi connectivity index (χ0) is 21.3. The van der Waals surface area contributed by atoms with Crippen molar-refractivity contribution in [3.05, 3.63) is 23.8 Å². The molecule has 1 aromatic rings. The lowest BCUT2D eigenvalue weighted by Crippen LogP contribution is -2.44. The van der Waals surface area contributed by atoms with E-state index in [-0.39, 0.29) is 41.9 Å². The molecule has 0 spiro atoms. The maximum Gasteiger partial charge on any atom is 0.338 e. The van der Waals surface area contributed by atoms with Gasteiger partial charge in [0.1, 0.15) is 6.04 Å². The maximum absolute atomic E-state index is 12.4. The number of ether oxygens (including phenoxy) is 2. The molecule has 3 heterocycles. The van der Waals surface area contributed by atoms with Gasteiger partial charge in [0, 0.05) is 19.6 Å². The predicted octanol–water partition coefficient (Wildman–Crippen LogP) is 1.18. The van der Waals surface area contributed by atoms with E-state index in [2.05, 4.69) is 10.2 Å². The van der Waals surface area contributed by atoms with Gasteiger partial charge in [-0.3, -0.25) is 14.4 Å². The van der Waals surface area contributed by atoms with Crippen molar-refractivity contribution in [2.75, 3.05) is 43.6 Å². The van der Waals surface area contributed by atoms with E-state index in [0.29, 0.717) is 31.6 Å². The van der Waals surface area contributed by atoms with Gasteiger partial charge in [-0.15, -0.1) is 0 Å². The number of hydrogen-bond donors (Lipinski definition) is 1. The average molecular weight is 415 g/mol. The Hall–Kier alpha value is -3.10. The number of rotatable bonds is 4. The topological polar surface area (TPSA) is 105 Å². The van der Waals surface area contributed by atoms with Gasteiger partial charge >= 0.3 is 11.9 Å². The van der Waals surface area contributed by atoms with Crippen molar-refractivity contribution in [2.24, 2.45) is 5.92 Å². The molecule has 2 amide bonds. The molecule has 0 aliphatic carbocycles. The van der Waals surface area contributed by atoms with Crippen LogP contribution in [-0.2, 0) is 23.9 Å². The molecule has 2 saturated heterocycles. The van der Waals surface area contributed by atoms with Gasteiger partial charge in [0.25, 0.3) is 5.91 Å². The molecule has 3 aliphatic rings. The Kier molecular flexibility index (Phi) is 5.61. The van der Waals surface area contributed by atoms with Gasteiger partial charge in [0.15, 0.2) is 6.61 Å². The van der Waals surface area contributed by atoms with Crippen LogP contribution >= 0.6 is 0 Å². The van der Waals surface area contributed by atoms with E-state index < -0.39 is 5.97 Å². The Balaban J connectivity index is 1.33. The first kappa shape index (κ1) is 20.2. The van der Waals surface area contributed by atoms with Crippen LogP contribution in [0.15, 0.2) is 18.2 Å². The molecule has 0 radical (unpaired) electrons.